The van der Waals surface area contributed by atoms with Gasteiger partial charge in [-0.3, -0.25) is 9.67 Å². The van der Waals surface area contributed by atoms with E-state index >= 15 is 0 Å². The number of hydrogen-bond acceptors (Lipinski definition) is 3. The smallest absolute Gasteiger partial charge is 0.191 e. The number of nitrogens with zero attached hydrogens (tertiary/aromatic N) is 4. The summed E-state index contributed by atoms with van der Waals surface area (Å²) in [5, 5.41) is 10.7. The topological polar surface area (TPSA) is 67.1 Å². The Kier molecular flexibility index (Phi) is 8.24. The lowest BCUT2D eigenvalue weighted by molar-refractivity contribution is 0.606. The summed E-state index contributed by atoms with van der Waals surface area (Å²) in [7, 11) is 3.49. The molecule has 0 bridgehead atoms. The van der Waals surface area contributed by atoms with Crippen LogP contribution in [-0.2, 0) is 20.0 Å². The molecular formula is C14H19ClFIN6. The number of aryl methyl sites for hydroxylation is 1. The van der Waals surface area contributed by atoms with Gasteiger partial charge in [-0.15, -0.1) is 24.0 Å². The normalized spacial score (nSPS) is 11.0. The lowest BCUT2D eigenvalue weighted by atomic mass is 10.1. The molecule has 126 valence electrons. The molecule has 0 radical (unpaired) electrons. The molecule has 2 N–H and O–H groups in total. The summed E-state index contributed by atoms with van der Waals surface area (Å²) in [6, 6.07) is 4.68. The van der Waals surface area contributed by atoms with Gasteiger partial charge in [-0.1, -0.05) is 17.7 Å². The molecule has 0 spiro atoms. The Morgan fingerprint density at radius 3 is 2.78 bits per heavy atom. The number of nitrogens with one attached hydrogen (secondary N) is 2. The van der Waals surface area contributed by atoms with Crippen LogP contribution >= 0.6 is 35.6 Å². The molecule has 0 aliphatic heterocycles. The number of rotatable bonds is 5. The van der Waals surface area contributed by atoms with Crippen molar-refractivity contribution in [1.29, 1.82) is 0 Å². The maximum Gasteiger partial charge on any atom is 0.191 e. The minimum absolute atomic E-state index is 0. The van der Waals surface area contributed by atoms with Gasteiger partial charge in [0, 0.05) is 31.2 Å². The minimum Gasteiger partial charge on any atom is -0.356 e. The van der Waals surface area contributed by atoms with Crippen LogP contribution in [0.1, 0.15) is 11.4 Å². The van der Waals surface area contributed by atoms with Crippen LogP contribution in [0.2, 0.25) is 5.02 Å². The molecule has 0 amide bonds. The minimum atomic E-state index is -0.295. The fourth-order valence-electron chi connectivity index (χ4n) is 1.94. The lowest BCUT2D eigenvalue weighted by Crippen LogP contribution is -2.38. The van der Waals surface area contributed by atoms with Crippen LogP contribution in [0, 0.1) is 5.82 Å². The Hall–Kier alpha value is -1.42. The number of aromatic nitrogens is 3. The zero-order valence-electron chi connectivity index (χ0n) is 12.9. The molecule has 9 heteroatoms. The number of hydrogen-bond donors (Lipinski definition) is 2. The highest BCUT2D eigenvalue weighted by atomic mass is 127. The van der Waals surface area contributed by atoms with Gasteiger partial charge in [0.1, 0.15) is 18.0 Å². The first-order valence-electron chi connectivity index (χ1n) is 6.82. The van der Waals surface area contributed by atoms with E-state index in [0.717, 1.165) is 5.82 Å². The van der Waals surface area contributed by atoms with Crippen molar-refractivity contribution in [2.24, 2.45) is 12.0 Å². The van der Waals surface area contributed by atoms with Crippen molar-refractivity contribution in [2.75, 3.05) is 13.6 Å². The first-order chi connectivity index (χ1) is 10.6. The number of benzene rings is 1. The SMILES string of the molecule is CN=C(NCCc1c(F)cccc1Cl)NCc1ncnn1C.I. The molecular weight excluding hydrogens is 434 g/mol. The van der Waals surface area contributed by atoms with Gasteiger partial charge in [0.05, 0.1) is 6.54 Å². The second-order valence-electron chi connectivity index (χ2n) is 4.60. The van der Waals surface area contributed by atoms with Crippen LogP contribution in [0.15, 0.2) is 29.5 Å². The van der Waals surface area contributed by atoms with E-state index in [1.807, 2.05) is 7.05 Å². The van der Waals surface area contributed by atoms with Crippen molar-refractivity contribution in [3.05, 3.63) is 46.8 Å². The van der Waals surface area contributed by atoms with Crippen molar-refractivity contribution >= 4 is 41.5 Å². The summed E-state index contributed by atoms with van der Waals surface area (Å²) in [6.07, 6.45) is 1.96. The van der Waals surface area contributed by atoms with Gasteiger partial charge in [-0.2, -0.15) is 5.10 Å². The molecule has 0 aliphatic rings. The Labute approximate surface area is 156 Å². The third kappa shape index (κ3) is 5.61. The Morgan fingerprint density at radius 2 is 2.17 bits per heavy atom. The van der Waals surface area contributed by atoms with E-state index in [9.17, 15) is 4.39 Å². The standard InChI is InChI=1S/C14H18ClFN6.HI/c1-17-14(19-8-13-20-9-21-22(13)2)18-7-6-10-11(15)4-3-5-12(10)16;/h3-5,9H,6-8H2,1-2H3,(H2,17,18,19);1H. The number of guanidine groups is 1. The van der Waals surface area contributed by atoms with Crippen LogP contribution in [0.5, 0.6) is 0 Å². The van der Waals surface area contributed by atoms with Gasteiger partial charge >= 0.3 is 0 Å². The van der Waals surface area contributed by atoms with Gasteiger partial charge in [-0.25, -0.2) is 9.37 Å². The summed E-state index contributed by atoms with van der Waals surface area (Å²) in [6.45, 7) is 1.01. The third-order valence-corrected chi connectivity index (χ3v) is 3.53. The molecule has 1 aromatic carbocycles. The van der Waals surface area contributed by atoms with Gasteiger partial charge in [0.2, 0.25) is 0 Å². The highest BCUT2D eigenvalue weighted by Crippen LogP contribution is 2.18. The summed E-state index contributed by atoms with van der Waals surface area (Å²) in [5.41, 5.74) is 0.500. The van der Waals surface area contributed by atoms with Crippen LogP contribution in [0.3, 0.4) is 0 Å². The van der Waals surface area contributed by atoms with Crippen molar-refractivity contribution in [3.8, 4) is 0 Å². The number of aliphatic imine (C=N–C) groups is 1. The van der Waals surface area contributed by atoms with Crippen LogP contribution < -0.4 is 10.6 Å². The fourth-order valence-corrected chi connectivity index (χ4v) is 2.20. The largest absolute Gasteiger partial charge is 0.356 e. The quantitative estimate of drug-likeness (QED) is 0.414. The Balaban J connectivity index is 0.00000264. The zero-order chi connectivity index (χ0) is 15.9. The highest BCUT2D eigenvalue weighted by molar-refractivity contribution is 14.0. The molecule has 1 heterocycles. The molecule has 0 saturated carbocycles. The van der Waals surface area contributed by atoms with E-state index in [1.165, 1.54) is 12.4 Å². The van der Waals surface area contributed by atoms with Gasteiger partial charge in [-0.05, 0) is 18.6 Å². The van der Waals surface area contributed by atoms with E-state index in [2.05, 4.69) is 25.7 Å². The average Bonchev–Trinajstić information content (AvgIpc) is 2.90. The maximum atomic E-state index is 13.7. The van der Waals surface area contributed by atoms with Gasteiger partial charge in [0.25, 0.3) is 0 Å². The highest BCUT2D eigenvalue weighted by Gasteiger charge is 2.07. The van der Waals surface area contributed by atoms with Crippen LogP contribution in [0.25, 0.3) is 0 Å². The van der Waals surface area contributed by atoms with Crippen molar-refractivity contribution < 1.29 is 4.39 Å². The molecule has 2 rings (SSSR count). The summed E-state index contributed by atoms with van der Waals surface area (Å²) < 4.78 is 15.3. The summed E-state index contributed by atoms with van der Waals surface area (Å²) >= 11 is 5.99. The summed E-state index contributed by atoms with van der Waals surface area (Å²) in [4.78, 5) is 8.22. The van der Waals surface area contributed by atoms with E-state index in [0.29, 0.717) is 36.1 Å². The van der Waals surface area contributed by atoms with E-state index in [-0.39, 0.29) is 29.8 Å². The molecule has 2 aromatic rings. The predicted octanol–water partition coefficient (Wildman–Crippen LogP) is 2.13. The second kappa shape index (κ2) is 9.66. The van der Waals surface area contributed by atoms with Crippen molar-refractivity contribution in [1.82, 2.24) is 25.4 Å². The molecule has 23 heavy (non-hydrogen) atoms. The van der Waals surface area contributed by atoms with E-state index in [4.69, 9.17) is 11.6 Å². The third-order valence-electron chi connectivity index (χ3n) is 3.17. The van der Waals surface area contributed by atoms with Gasteiger partial charge in [0.15, 0.2) is 5.96 Å². The molecule has 6 nitrogen and oxygen atoms in total. The molecule has 0 unspecified atom stereocenters. The molecule has 0 fully saturated rings. The first kappa shape index (κ1) is 19.6. The van der Waals surface area contributed by atoms with Gasteiger partial charge < -0.3 is 10.6 Å². The van der Waals surface area contributed by atoms with Crippen molar-refractivity contribution in [2.45, 2.75) is 13.0 Å². The monoisotopic (exact) mass is 452 g/mol. The summed E-state index contributed by atoms with van der Waals surface area (Å²) in [5.74, 6) is 1.10. The maximum absolute atomic E-state index is 13.7. The first-order valence-corrected chi connectivity index (χ1v) is 7.20. The Bertz CT molecular complexity index is 640. The van der Waals surface area contributed by atoms with Crippen LogP contribution in [-0.4, -0.2) is 34.3 Å². The zero-order valence-corrected chi connectivity index (χ0v) is 16.0. The molecule has 0 saturated heterocycles. The Morgan fingerprint density at radius 1 is 1.39 bits per heavy atom. The fraction of sp³-hybridized carbons (Fsp3) is 0.357. The molecule has 0 atom stereocenters. The second-order valence-corrected chi connectivity index (χ2v) is 5.01. The molecule has 1 aromatic heterocycles. The van der Waals surface area contributed by atoms with Crippen LogP contribution in [0.4, 0.5) is 4.39 Å². The predicted molar refractivity (Wildman–Crippen MR) is 99.7 cm³/mol. The van der Waals surface area contributed by atoms with E-state index in [1.54, 1.807) is 23.9 Å². The molecule has 0 aliphatic carbocycles. The average molecular weight is 453 g/mol. The van der Waals surface area contributed by atoms with E-state index < -0.39 is 0 Å². The van der Waals surface area contributed by atoms with Crippen molar-refractivity contribution in [3.63, 3.8) is 0 Å². The number of halogens is 3. The lowest BCUT2D eigenvalue weighted by Gasteiger charge is -2.12.